The van der Waals surface area contributed by atoms with E-state index in [-0.39, 0.29) is 23.4 Å². The van der Waals surface area contributed by atoms with Crippen LogP contribution in [0.25, 0.3) is 0 Å². The van der Waals surface area contributed by atoms with Gasteiger partial charge in [-0.15, -0.1) is 0 Å². The van der Waals surface area contributed by atoms with Gasteiger partial charge in [0.25, 0.3) is 5.91 Å². The van der Waals surface area contributed by atoms with E-state index in [1.165, 1.54) is 12.1 Å². The molecule has 4 N–H and O–H groups in total. The molecule has 0 aliphatic carbocycles. The summed E-state index contributed by atoms with van der Waals surface area (Å²) in [5.41, 5.74) is 6.21. The minimum atomic E-state index is -0.186. The first-order chi connectivity index (χ1) is 9.08. The summed E-state index contributed by atoms with van der Waals surface area (Å²) in [5, 5.41) is 12.5. The molecule has 1 aromatic carbocycles. The number of benzene rings is 1. The van der Waals surface area contributed by atoms with Crippen molar-refractivity contribution < 1.29 is 14.6 Å². The van der Waals surface area contributed by atoms with Gasteiger partial charge in [0, 0.05) is 24.8 Å². The number of aromatic hydroxyl groups is 1. The summed E-state index contributed by atoms with van der Waals surface area (Å²) in [5.74, 6) is 0.195. The Morgan fingerprint density at radius 3 is 2.79 bits per heavy atom. The Balaban J connectivity index is 1.97. The third-order valence-electron chi connectivity index (χ3n) is 3.62. The van der Waals surface area contributed by atoms with Gasteiger partial charge >= 0.3 is 0 Å². The van der Waals surface area contributed by atoms with Gasteiger partial charge in [-0.3, -0.25) is 4.79 Å². The van der Waals surface area contributed by atoms with Gasteiger partial charge in [0.1, 0.15) is 5.75 Å². The van der Waals surface area contributed by atoms with E-state index in [1.54, 1.807) is 6.07 Å². The molecular formula is C14H20N2O3. The molecule has 5 heteroatoms. The highest BCUT2D eigenvalue weighted by Crippen LogP contribution is 2.22. The third-order valence-corrected chi connectivity index (χ3v) is 3.62. The maximum absolute atomic E-state index is 12.1. The van der Waals surface area contributed by atoms with Gasteiger partial charge < -0.3 is 20.9 Å². The quantitative estimate of drug-likeness (QED) is 0.571. The molecule has 0 spiro atoms. The highest BCUT2D eigenvalue weighted by Gasteiger charge is 2.22. The molecule has 1 atom stereocenters. The van der Waals surface area contributed by atoms with Crippen molar-refractivity contribution in [1.29, 1.82) is 0 Å². The van der Waals surface area contributed by atoms with E-state index >= 15 is 0 Å². The Labute approximate surface area is 112 Å². The number of carbonyl (C=O) groups is 1. The number of nitrogen functional groups attached to an aromatic ring is 1. The number of hydrogen-bond acceptors (Lipinski definition) is 4. The van der Waals surface area contributed by atoms with Crippen molar-refractivity contribution in [2.75, 3.05) is 18.9 Å². The molecule has 1 saturated heterocycles. The molecule has 0 saturated carbocycles. The van der Waals surface area contributed by atoms with Crippen molar-refractivity contribution in [3.63, 3.8) is 0 Å². The van der Waals surface area contributed by atoms with E-state index in [9.17, 15) is 9.90 Å². The molecule has 1 aliphatic rings. The molecule has 1 unspecified atom stereocenters. The molecule has 0 aromatic heterocycles. The van der Waals surface area contributed by atoms with Gasteiger partial charge in [0.2, 0.25) is 0 Å². The van der Waals surface area contributed by atoms with E-state index in [2.05, 4.69) is 5.32 Å². The molecule has 0 radical (unpaired) electrons. The molecule has 1 fully saturated rings. The normalized spacial score (nSPS) is 17.9. The topological polar surface area (TPSA) is 84.6 Å². The summed E-state index contributed by atoms with van der Waals surface area (Å²) in [6.45, 7) is 3.52. The first kappa shape index (κ1) is 13.7. The smallest absolute Gasteiger partial charge is 0.251 e. The number of phenolic OH excluding ortho intramolecular Hbond substituents is 1. The maximum Gasteiger partial charge on any atom is 0.251 e. The van der Waals surface area contributed by atoms with Crippen LogP contribution in [0.15, 0.2) is 18.2 Å². The van der Waals surface area contributed by atoms with Crippen LogP contribution >= 0.6 is 0 Å². The molecule has 1 heterocycles. The summed E-state index contributed by atoms with van der Waals surface area (Å²) in [6.07, 6.45) is 1.93. The largest absolute Gasteiger partial charge is 0.506 e. The molecule has 1 aromatic rings. The number of carbonyl (C=O) groups excluding carboxylic acids is 1. The van der Waals surface area contributed by atoms with Gasteiger partial charge in [0.05, 0.1) is 5.69 Å². The number of rotatable bonds is 3. The average Bonchev–Trinajstić information content (AvgIpc) is 2.42. The lowest BCUT2D eigenvalue weighted by Gasteiger charge is -2.28. The molecule has 2 rings (SSSR count). The number of amides is 1. The maximum atomic E-state index is 12.1. The van der Waals surface area contributed by atoms with Crippen molar-refractivity contribution in [3.8, 4) is 5.75 Å². The van der Waals surface area contributed by atoms with Gasteiger partial charge in [-0.2, -0.15) is 0 Å². The van der Waals surface area contributed by atoms with Crippen LogP contribution in [0.4, 0.5) is 5.69 Å². The molecule has 5 nitrogen and oxygen atoms in total. The third kappa shape index (κ3) is 3.38. The number of ether oxygens (including phenoxy) is 1. The Bertz CT molecular complexity index is 456. The fourth-order valence-corrected chi connectivity index (χ4v) is 2.31. The molecular weight excluding hydrogens is 244 g/mol. The molecule has 104 valence electrons. The van der Waals surface area contributed by atoms with E-state index < -0.39 is 0 Å². The van der Waals surface area contributed by atoms with Crippen molar-refractivity contribution >= 4 is 11.6 Å². The fraction of sp³-hybridized carbons (Fsp3) is 0.500. The van der Waals surface area contributed by atoms with Gasteiger partial charge in [-0.1, -0.05) is 0 Å². The van der Waals surface area contributed by atoms with Crippen molar-refractivity contribution in [1.82, 2.24) is 5.32 Å². The number of nitrogens with two attached hydrogens (primary N) is 1. The lowest BCUT2D eigenvalue weighted by atomic mass is 9.93. The monoisotopic (exact) mass is 264 g/mol. The number of hydrogen-bond donors (Lipinski definition) is 3. The molecule has 19 heavy (non-hydrogen) atoms. The minimum Gasteiger partial charge on any atom is -0.506 e. The summed E-state index contributed by atoms with van der Waals surface area (Å²) < 4.78 is 5.31. The van der Waals surface area contributed by atoms with E-state index in [0.717, 1.165) is 26.1 Å². The van der Waals surface area contributed by atoms with Crippen molar-refractivity contribution in [3.05, 3.63) is 23.8 Å². The van der Waals surface area contributed by atoms with Crippen LogP contribution in [0, 0.1) is 5.92 Å². The second-order valence-electron chi connectivity index (χ2n) is 4.99. The highest BCUT2D eigenvalue weighted by molar-refractivity contribution is 5.95. The zero-order chi connectivity index (χ0) is 13.8. The Hall–Kier alpha value is -1.75. The standard InChI is InChI=1S/C14H20N2O3/c1-9(10-4-6-19-7-5-10)16-14(18)11-2-3-12(15)13(17)8-11/h2-3,8-10,17H,4-7,15H2,1H3,(H,16,18). The number of phenols is 1. The van der Waals surface area contributed by atoms with Crippen LogP contribution in [0.1, 0.15) is 30.1 Å². The summed E-state index contributed by atoms with van der Waals surface area (Å²) in [6, 6.07) is 4.63. The SMILES string of the molecule is CC(NC(=O)c1ccc(N)c(O)c1)C1CCOCC1. The van der Waals surface area contributed by atoms with E-state index in [0.29, 0.717) is 11.5 Å². The lowest BCUT2D eigenvalue weighted by Crippen LogP contribution is -2.40. The van der Waals surface area contributed by atoms with E-state index in [4.69, 9.17) is 10.5 Å². The van der Waals surface area contributed by atoms with Crippen LogP contribution in [0.3, 0.4) is 0 Å². The van der Waals surface area contributed by atoms with Crippen molar-refractivity contribution in [2.45, 2.75) is 25.8 Å². The molecule has 1 aliphatic heterocycles. The Morgan fingerprint density at radius 1 is 1.47 bits per heavy atom. The van der Waals surface area contributed by atoms with Crippen LogP contribution in [-0.2, 0) is 4.74 Å². The van der Waals surface area contributed by atoms with E-state index in [1.807, 2.05) is 6.92 Å². The first-order valence-corrected chi connectivity index (χ1v) is 6.55. The van der Waals surface area contributed by atoms with Gasteiger partial charge in [0.15, 0.2) is 0 Å². The zero-order valence-electron chi connectivity index (χ0n) is 11.1. The predicted molar refractivity (Wildman–Crippen MR) is 73.0 cm³/mol. The molecule has 1 amide bonds. The molecule has 0 bridgehead atoms. The zero-order valence-corrected chi connectivity index (χ0v) is 11.1. The van der Waals surface area contributed by atoms with Crippen LogP contribution in [0.2, 0.25) is 0 Å². The van der Waals surface area contributed by atoms with Gasteiger partial charge in [-0.25, -0.2) is 0 Å². The van der Waals surface area contributed by atoms with Gasteiger partial charge in [-0.05, 0) is 43.9 Å². The summed E-state index contributed by atoms with van der Waals surface area (Å²) in [4.78, 5) is 12.1. The fourth-order valence-electron chi connectivity index (χ4n) is 2.31. The summed E-state index contributed by atoms with van der Waals surface area (Å²) in [7, 11) is 0. The first-order valence-electron chi connectivity index (χ1n) is 6.55. The second-order valence-corrected chi connectivity index (χ2v) is 4.99. The van der Waals surface area contributed by atoms with Crippen LogP contribution in [-0.4, -0.2) is 30.3 Å². The highest BCUT2D eigenvalue weighted by atomic mass is 16.5. The van der Waals surface area contributed by atoms with Crippen molar-refractivity contribution in [2.24, 2.45) is 5.92 Å². The Kier molecular flexibility index (Phi) is 4.27. The number of anilines is 1. The number of nitrogens with one attached hydrogen (secondary N) is 1. The minimum absolute atomic E-state index is 0.0635. The average molecular weight is 264 g/mol. The van der Waals surface area contributed by atoms with Crippen LogP contribution in [0.5, 0.6) is 5.75 Å². The van der Waals surface area contributed by atoms with Crippen LogP contribution < -0.4 is 11.1 Å². The lowest BCUT2D eigenvalue weighted by molar-refractivity contribution is 0.0538. The second kappa shape index (κ2) is 5.93. The predicted octanol–water partition coefficient (Wildman–Crippen LogP) is 1.52. The summed E-state index contributed by atoms with van der Waals surface area (Å²) >= 11 is 0. The Morgan fingerprint density at radius 2 is 2.16 bits per heavy atom.